The Labute approximate surface area is 210 Å². The molecule has 0 saturated carbocycles. The maximum absolute atomic E-state index is 13.6. The predicted octanol–water partition coefficient (Wildman–Crippen LogP) is 5.36. The molecule has 6 nitrogen and oxygen atoms in total. The zero-order valence-electron chi connectivity index (χ0n) is 20.4. The molecule has 2 aromatic heterocycles. The van der Waals surface area contributed by atoms with Crippen molar-refractivity contribution in [2.75, 3.05) is 20.2 Å². The van der Waals surface area contributed by atoms with Crippen molar-refractivity contribution >= 4 is 34.1 Å². The molecule has 0 unspecified atom stereocenters. The molecule has 0 spiro atoms. The minimum Gasteiger partial charge on any atom is -0.496 e. The van der Waals surface area contributed by atoms with Gasteiger partial charge in [-0.1, -0.05) is 42.5 Å². The van der Waals surface area contributed by atoms with Crippen LogP contribution in [0.5, 0.6) is 5.75 Å². The van der Waals surface area contributed by atoms with E-state index < -0.39 is 0 Å². The number of methoxy groups -OCH3 is 1. The van der Waals surface area contributed by atoms with E-state index in [-0.39, 0.29) is 24.4 Å². The summed E-state index contributed by atoms with van der Waals surface area (Å²) in [6.07, 6.45) is 2.71. The number of hydrogen-bond acceptors (Lipinski definition) is 4. The Balaban J connectivity index is 1.56. The number of ether oxygens (including phenoxy) is 1. The standard InChI is InChI=1S/C28H31N3O3S/c1-20(2)31(28(33)26-13-8-16-35-26)19-27(32)30(18-22-9-4-7-12-25(22)34-3)15-14-21-17-29-24-11-6-5-10-23(21)24/h4-13,16-17,20,29H,14-15,18-19H2,1-3H3. The Bertz CT molecular complexity index is 1280. The lowest BCUT2D eigenvalue weighted by atomic mass is 10.1. The highest BCUT2D eigenvalue weighted by atomic mass is 32.1. The number of carbonyl (C=O) groups excluding carboxylic acids is 2. The molecule has 0 saturated heterocycles. The van der Waals surface area contributed by atoms with Gasteiger partial charge in [-0.05, 0) is 49.4 Å². The van der Waals surface area contributed by atoms with E-state index in [1.807, 2.05) is 78.9 Å². The van der Waals surface area contributed by atoms with E-state index in [1.165, 1.54) is 11.3 Å². The lowest BCUT2D eigenvalue weighted by Gasteiger charge is -2.30. The van der Waals surface area contributed by atoms with Crippen LogP contribution >= 0.6 is 11.3 Å². The number of aromatic amines is 1. The molecular formula is C28H31N3O3S. The SMILES string of the molecule is COc1ccccc1CN(CCc1c[nH]c2ccccc12)C(=O)CN(C(=O)c1cccs1)C(C)C. The summed E-state index contributed by atoms with van der Waals surface area (Å²) in [5.41, 5.74) is 3.18. The second-order valence-corrected chi connectivity index (χ2v) is 9.69. The summed E-state index contributed by atoms with van der Waals surface area (Å²) in [5, 5.41) is 3.04. The van der Waals surface area contributed by atoms with Crippen LogP contribution in [0.4, 0.5) is 0 Å². The van der Waals surface area contributed by atoms with E-state index in [9.17, 15) is 9.59 Å². The van der Waals surface area contributed by atoms with Crippen molar-refractivity contribution in [3.8, 4) is 5.75 Å². The molecule has 0 aliphatic rings. The lowest BCUT2D eigenvalue weighted by Crippen LogP contribution is -2.46. The van der Waals surface area contributed by atoms with Gasteiger partial charge in [-0.15, -0.1) is 11.3 Å². The van der Waals surface area contributed by atoms with E-state index >= 15 is 0 Å². The molecule has 0 atom stereocenters. The molecular weight excluding hydrogens is 458 g/mol. The number of benzene rings is 2. The summed E-state index contributed by atoms with van der Waals surface area (Å²) in [6.45, 7) is 4.84. The van der Waals surface area contributed by atoms with Gasteiger partial charge in [0.05, 0.1) is 12.0 Å². The van der Waals surface area contributed by atoms with Crippen molar-refractivity contribution in [1.82, 2.24) is 14.8 Å². The topological polar surface area (TPSA) is 65.6 Å². The van der Waals surface area contributed by atoms with Crippen molar-refractivity contribution in [2.24, 2.45) is 0 Å². The second kappa shape index (κ2) is 11.2. The van der Waals surface area contributed by atoms with Crippen LogP contribution in [-0.4, -0.2) is 52.8 Å². The first-order valence-corrected chi connectivity index (χ1v) is 12.6. The van der Waals surface area contributed by atoms with Crippen molar-refractivity contribution < 1.29 is 14.3 Å². The van der Waals surface area contributed by atoms with Crippen LogP contribution in [0.3, 0.4) is 0 Å². The molecule has 2 aromatic carbocycles. The van der Waals surface area contributed by atoms with Gasteiger partial charge in [0, 0.05) is 41.8 Å². The van der Waals surface area contributed by atoms with Crippen LogP contribution in [0.2, 0.25) is 0 Å². The summed E-state index contributed by atoms with van der Waals surface area (Å²) in [6, 6.07) is 19.5. The van der Waals surface area contributed by atoms with E-state index in [4.69, 9.17) is 4.74 Å². The Morgan fingerprint density at radius 2 is 1.77 bits per heavy atom. The number of fused-ring (bicyclic) bond motifs is 1. The molecule has 182 valence electrons. The molecule has 0 aliphatic heterocycles. The zero-order chi connectivity index (χ0) is 24.8. The highest BCUT2D eigenvalue weighted by Crippen LogP contribution is 2.22. The van der Waals surface area contributed by atoms with E-state index in [0.29, 0.717) is 24.4 Å². The highest BCUT2D eigenvalue weighted by molar-refractivity contribution is 7.12. The van der Waals surface area contributed by atoms with Crippen LogP contribution in [0.15, 0.2) is 72.2 Å². The summed E-state index contributed by atoms with van der Waals surface area (Å²) >= 11 is 1.39. The minimum atomic E-state index is -0.114. The Hall–Kier alpha value is -3.58. The van der Waals surface area contributed by atoms with Crippen molar-refractivity contribution in [3.63, 3.8) is 0 Å². The largest absolute Gasteiger partial charge is 0.496 e. The third-order valence-electron chi connectivity index (χ3n) is 6.15. The molecule has 1 N–H and O–H groups in total. The zero-order valence-corrected chi connectivity index (χ0v) is 21.2. The smallest absolute Gasteiger partial charge is 0.264 e. The van der Waals surface area contributed by atoms with Crippen molar-refractivity contribution in [1.29, 1.82) is 0 Å². The molecule has 4 aromatic rings. The highest BCUT2D eigenvalue weighted by Gasteiger charge is 2.25. The summed E-state index contributed by atoms with van der Waals surface area (Å²) in [4.78, 5) is 34.2. The Kier molecular flexibility index (Phi) is 7.87. The average molecular weight is 490 g/mol. The molecule has 0 aliphatic carbocycles. The van der Waals surface area contributed by atoms with Gasteiger partial charge in [0.15, 0.2) is 0 Å². The van der Waals surface area contributed by atoms with Crippen molar-refractivity contribution in [3.05, 3.63) is 88.2 Å². The number of H-pyrrole nitrogens is 1. The third kappa shape index (κ3) is 5.74. The molecule has 0 fully saturated rings. The summed E-state index contributed by atoms with van der Waals surface area (Å²) in [5.74, 6) is 0.541. The summed E-state index contributed by atoms with van der Waals surface area (Å²) < 4.78 is 5.53. The minimum absolute atomic E-state index is 0.0252. The molecule has 2 heterocycles. The van der Waals surface area contributed by atoms with E-state index in [0.717, 1.165) is 27.8 Å². The number of rotatable bonds is 10. The maximum atomic E-state index is 13.6. The number of nitrogens with one attached hydrogen (secondary N) is 1. The van der Waals surface area contributed by atoms with Gasteiger partial charge in [-0.2, -0.15) is 0 Å². The number of aromatic nitrogens is 1. The van der Waals surface area contributed by atoms with Gasteiger partial charge in [0.25, 0.3) is 5.91 Å². The number of carbonyl (C=O) groups is 2. The van der Waals surface area contributed by atoms with E-state index in [1.54, 1.807) is 18.1 Å². The van der Waals surface area contributed by atoms with E-state index in [2.05, 4.69) is 11.1 Å². The average Bonchev–Trinajstić information content (AvgIpc) is 3.55. The molecule has 0 bridgehead atoms. The third-order valence-corrected chi connectivity index (χ3v) is 7.01. The van der Waals surface area contributed by atoms with Gasteiger partial charge >= 0.3 is 0 Å². The van der Waals surface area contributed by atoms with Crippen LogP contribution in [0.25, 0.3) is 10.9 Å². The molecule has 35 heavy (non-hydrogen) atoms. The van der Waals surface area contributed by atoms with Crippen molar-refractivity contribution in [2.45, 2.75) is 32.9 Å². The monoisotopic (exact) mass is 489 g/mol. The van der Waals surface area contributed by atoms with Gasteiger partial charge in [0.2, 0.25) is 5.91 Å². The van der Waals surface area contributed by atoms with Crippen LogP contribution in [0.1, 0.15) is 34.6 Å². The predicted molar refractivity (Wildman–Crippen MR) is 141 cm³/mol. The quantitative estimate of drug-likeness (QED) is 0.326. The van der Waals surface area contributed by atoms with Gasteiger partial charge in [-0.3, -0.25) is 9.59 Å². The van der Waals surface area contributed by atoms with Crippen LogP contribution in [-0.2, 0) is 17.8 Å². The first kappa shape index (κ1) is 24.5. The van der Waals surface area contributed by atoms with Crippen LogP contribution in [0, 0.1) is 0 Å². The fourth-order valence-electron chi connectivity index (χ4n) is 4.20. The summed E-state index contributed by atoms with van der Waals surface area (Å²) in [7, 11) is 1.64. The fraction of sp³-hybridized carbons (Fsp3) is 0.286. The lowest BCUT2D eigenvalue weighted by molar-refractivity contribution is -0.132. The number of para-hydroxylation sites is 2. The first-order valence-electron chi connectivity index (χ1n) is 11.8. The fourth-order valence-corrected chi connectivity index (χ4v) is 4.88. The van der Waals surface area contributed by atoms with Gasteiger partial charge in [0.1, 0.15) is 12.3 Å². The number of nitrogens with zero attached hydrogens (tertiary/aromatic N) is 2. The maximum Gasteiger partial charge on any atom is 0.264 e. The molecule has 7 heteroatoms. The van der Waals surface area contributed by atoms with Gasteiger partial charge in [-0.25, -0.2) is 0 Å². The Morgan fingerprint density at radius 3 is 2.51 bits per heavy atom. The van der Waals surface area contributed by atoms with Crippen LogP contribution < -0.4 is 4.74 Å². The Morgan fingerprint density at radius 1 is 1.00 bits per heavy atom. The second-order valence-electron chi connectivity index (χ2n) is 8.74. The normalized spacial score (nSPS) is 11.1. The first-order chi connectivity index (χ1) is 17.0. The van der Waals surface area contributed by atoms with Gasteiger partial charge < -0.3 is 19.5 Å². The number of hydrogen-bond donors (Lipinski definition) is 1. The number of thiophene rings is 1. The molecule has 2 amide bonds. The number of amides is 2. The molecule has 4 rings (SSSR count). The molecule has 0 radical (unpaired) electrons.